The number of halogens is 1. The average Bonchev–Trinajstić information content (AvgIpc) is 3.47. The Kier molecular flexibility index (Phi) is 4.39. The zero-order valence-corrected chi connectivity index (χ0v) is 15.1. The minimum atomic E-state index is -1.29. The summed E-state index contributed by atoms with van der Waals surface area (Å²) >= 11 is 0. The number of aromatic carboxylic acids is 1. The highest BCUT2D eigenvalue weighted by molar-refractivity contribution is 5.89. The lowest BCUT2D eigenvalue weighted by molar-refractivity contribution is 0.0463. The van der Waals surface area contributed by atoms with Gasteiger partial charge in [0.2, 0.25) is 0 Å². The lowest BCUT2D eigenvalue weighted by Gasteiger charge is -2.35. The summed E-state index contributed by atoms with van der Waals surface area (Å²) in [7, 11) is 0. The number of fused-ring (bicyclic) bond motifs is 1. The van der Waals surface area contributed by atoms with E-state index in [1.165, 1.54) is 6.07 Å². The molecule has 2 aromatic heterocycles. The van der Waals surface area contributed by atoms with Gasteiger partial charge in [-0.05, 0) is 42.9 Å². The van der Waals surface area contributed by atoms with Crippen LogP contribution in [-0.4, -0.2) is 47.8 Å². The van der Waals surface area contributed by atoms with Crippen LogP contribution < -0.4 is 16.2 Å². The fourth-order valence-corrected chi connectivity index (χ4v) is 3.95. The van der Waals surface area contributed by atoms with Crippen LogP contribution in [0, 0.1) is 12.7 Å². The van der Waals surface area contributed by atoms with Gasteiger partial charge in [-0.3, -0.25) is 9.20 Å². The molecule has 2 aromatic rings. The zero-order chi connectivity index (χ0) is 19.3. The molecule has 1 atom stereocenters. The Morgan fingerprint density at radius 3 is 2.81 bits per heavy atom. The Bertz CT molecular complexity index is 983. The second-order valence-electron chi connectivity index (χ2n) is 7.24. The number of pyridine rings is 2. The summed E-state index contributed by atoms with van der Waals surface area (Å²) in [5.74, 6) is -1.64. The summed E-state index contributed by atoms with van der Waals surface area (Å²) in [6.45, 7) is 3.58. The van der Waals surface area contributed by atoms with Gasteiger partial charge in [0.1, 0.15) is 5.56 Å². The number of carbonyl (C=O) groups is 1. The van der Waals surface area contributed by atoms with E-state index < -0.39 is 17.3 Å². The Hall–Kier alpha value is -2.45. The van der Waals surface area contributed by atoms with E-state index in [1.54, 1.807) is 6.92 Å². The minimum absolute atomic E-state index is 0.173. The molecular formula is C19H22FN3O4. The number of carboxylic acids is 1. The number of anilines is 1. The van der Waals surface area contributed by atoms with E-state index in [0.29, 0.717) is 43.0 Å². The number of nitrogens with zero attached hydrogens (tertiary/aromatic N) is 2. The van der Waals surface area contributed by atoms with Crippen molar-refractivity contribution in [2.45, 2.75) is 31.8 Å². The van der Waals surface area contributed by atoms with Gasteiger partial charge in [-0.1, -0.05) is 0 Å². The van der Waals surface area contributed by atoms with Crippen LogP contribution in [0.25, 0.3) is 5.52 Å². The molecule has 4 rings (SSSR count). The molecule has 1 unspecified atom stereocenters. The minimum Gasteiger partial charge on any atom is -0.477 e. The molecule has 1 aliphatic heterocycles. The van der Waals surface area contributed by atoms with Crippen LogP contribution in [0.3, 0.4) is 0 Å². The third-order valence-electron chi connectivity index (χ3n) is 5.41. The van der Waals surface area contributed by atoms with E-state index in [1.807, 2.05) is 4.90 Å². The Labute approximate surface area is 155 Å². The number of nitrogens with two attached hydrogens (primary N) is 1. The molecule has 0 aromatic carbocycles. The van der Waals surface area contributed by atoms with Crippen molar-refractivity contribution in [1.29, 1.82) is 0 Å². The second-order valence-corrected chi connectivity index (χ2v) is 7.24. The fourth-order valence-electron chi connectivity index (χ4n) is 3.95. The molecule has 1 saturated carbocycles. The van der Waals surface area contributed by atoms with Crippen LogP contribution in [-0.2, 0) is 4.74 Å². The molecule has 2 aliphatic rings. The summed E-state index contributed by atoms with van der Waals surface area (Å²) in [4.78, 5) is 26.0. The molecule has 7 nitrogen and oxygen atoms in total. The van der Waals surface area contributed by atoms with Crippen molar-refractivity contribution in [3.05, 3.63) is 45.1 Å². The van der Waals surface area contributed by atoms with Crippen molar-refractivity contribution in [3.8, 4) is 0 Å². The van der Waals surface area contributed by atoms with Gasteiger partial charge >= 0.3 is 5.97 Å². The lowest BCUT2D eigenvalue weighted by Crippen LogP contribution is -2.46. The van der Waals surface area contributed by atoms with Gasteiger partial charge in [-0.25, -0.2) is 9.18 Å². The van der Waals surface area contributed by atoms with Gasteiger partial charge in [-0.2, -0.15) is 0 Å². The molecule has 27 heavy (non-hydrogen) atoms. The first kappa shape index (κ1) is 17.9. The van der Waals surface area contributed by atoms with Crippen molar-refractivity contribution in [3.63, 3.8) is 0 Å². The molecule has 3 heterocycles. The van der Waals surface area contributed by atoms with Crippen LogP contribution >= 0.6 is 0 Å². The maximum Gasteiger partial charge on any atom is 0.341 e. The third-order valence-corrected chi connectivity index (χ3v) is 5.41. The number of rotatable bonds is 4. The predicted octanol–water partition coefficient (Wildman–Crippen LogP) is 1.49. The van der Waals surface area contributed by atoms with Gasteiger partial charge in [0.05, 0.1) is 30.1 Å². The average molecular weight is 375 g/mol. The smallest absolute Gasteiger partial charge is 0.341 e. The molecule has 0 radical (unpaired) electrons. The number of carboxylic acid groups (broad SMARTS) is 1. The predicted molar refractivity (Wildman–Crippen MR) is 98.3 cm³/mol. The van der Waals surface area contributed by atoms with Gasteiger partial charge in [0, 0.05) is 19.6 Å². The van der Waals surface area contributed by atoms with Gasteiger partial charge in [-0.15, -0.1) is 0 Å². The van der Waals surface area contributed by atoms with Crippen molar-refractivity contribution < 1.29 is 19.0 Å². The highest BCUT2D eigenvalue weighted by atomic mass is 19.1. The second kappa shape index (κ2) is 6.61. The van der Waals surface area contributed by atoms with Crippen molar-refractivity contribution >= 4 is 17.2 Å². The fraction of sp³-hybridized carbons (Fsp3) is 0.474. The van der Waals surface area contributed by atoms with Crippen LogP contribution in [0.15, 0.2) is 17.1 Å². The first-order valence-electron chi connectivity index (χ1n) is 9.10. The molecule has 8 heteroatoms. The molecule has 0 bridgehead atoms. The van der Waals surface area contributed by atoms with E-state index >= 15 is 4.39 Å². The van der Waals surface area contributed by atoms with Crippen molar-refractivity contribution in [2.24, 2.45) is 5.73 Å². The van der Waals surface area contributed by atoms with Gasteiger partial charge in [0.25, 0.3) is 5.56 Å². The third kappa shape index (κ3) is 2.98. The van der Waals surface area contributed by atoms with E-state index in [4.69, 9.17) is 10.5 Å². The highest BCUT2D eigenvalue weighted by Gasteiger charge is 2.31. The highest BCUT2D eigenvalue weighted by Crippen LogP contribution is 2.43. The van der Waals surface area contributed by atoms with E-state index in [0.717, 1.165) is 29.0 Å². The molecule has 0 spiro atoms. The standard InChI is InChI=1S/C19H22FN3O4/c1-10-16-13(11-2-3-11)6-14(19(25)26)18(24)23(16)9-15(20)17(10)22-4-5-27-12(7-21)8-22/h6,9,11-12H,2-5,7-8,21H2,1H3,(H,25,26). The number of ether oxygens (including phenoxy) is 1. The van der Waals surface area contributed by atoms with Crippen LogP contribution in [0.4, 0.5) is 10.1 Å². The summed E-state index contributed by atoms with van der Waals surface area (Å²) in [5, 5.41) is 9.36. The number of aromatic nitrogens is 1. The van der Waals surface area contributed by atoms with E-state index in [9.17, 15) is 14.7 Å². The molecule has 3 N–H and O–H groups in total. The first-order valence-corrected chi connectivity index (χ1v) is 9.10. The monoisotopic (exact) mass is 375 g/mol. The quantitative estimate of drug-likeness (QED) is 0.840. The molecular weight excluding hydrogens is 353 g/mol. The number of hydrogen-bond donors (Lipinski definition) is 2. The molecule has 144 valence electrons. The topological polar surface area (TPSA) is 97.3 Å². The first-order chi connectivity index (χ1) is 12.9. The maximum absolute atomic E-state index is 15.0. The summed E-state index contributed by atoms with van der Waals surface area (Å²) in [6, 6.07) is 1.47. The van der Waals surface area contributed by atoms with E-state index in [2.05, 4.69) is 0 Å². The van der Waals surface area contributed by atoms with Crippen LogP contribution in [0.1, 0.15) is 40.2 Å². The lowest BCUT2D eigenvalue weighted by atomic mass is 10.0. The van der Waals surface area contributed by atoms with Crippen molar-refractivity contribution in [1.82, 2.24) is 4.40 Å². The Morgan fingerprint density at radius 2 is 2.19 bits per heavy atom. The number of aryl methyl sites for hydroxylation is 1. The van der Waals surface area contributed by atoms with Crippen LogP contribution in [0.5, 0.6) is 0 Å². The van der Waals surface area contributed by atoms with E-state index in [-0.39, 0.29) is 17.6 Å². The van der Waals surface area contributed by atoms with Crippen LogP contribution in [0.2, 0.25) is 0 Å². The Morgan fingerprint density at radius 1 is 1.44 bits per heavy atom. The Balaban J connectivity index is 1.95. The zero-order valence-electron chi connectivity index (χ0n) is 15.1. The normalized spacial score (nSPS) is 20.3. The number of morpholine rings is 1. The molecule has 2 fully saturated rings. The summed E-state index contributed by atoms with van der Waals surface area (Å²) < 4.78 is 21.8. The maximum atomic E-state index is 15.0. The summed E-state index contributed by atoms with van der Waals surface area (Å²) in [5.41, 5.74) is 7.15. The van der Waals surface area contributed by atoms with Gasteiger partial charge in [0.15, 0.2) is 5.82 Å². The van der Waals surface area contributed by atoms with Crippen molar-refractivity contribution in [2.75, 3.05) is 31.1 Å². The molecule has 0 amide bonds. The molecule has 1 saturated heterocycles. The van der Waals surface area contributed by atoms with Gasteiger partial charge < -0.3 is 20.5 Å². The largest absolute Gasteiger partial charge is 0.477 e. The number of hydrogen-bond acceptors (Lipinski definition) is 5. The molecule has 1 aliphatic carbocycles. The summed E-state index contributed by atoms with van der Waals surface area (Å²) in [6.07, 6.45) is 2.82. The SMILES string of the molecule is Cc1c(N2CCOC(CN)C2)c(F)cn2c(=O)c(C(=O)O)cc(C3CC3)c12.